The van der Waals surface area contributed by atoms with Crippen LogP contribution in [0.2, 0.25) is 0 Å². The van der Waals surface area contributed by atoms with Crippen molar-refractivity contribution in [3.05, 3.63) is 64.7 Å². The molecular formula is C20H21NO2. The van der Waals surface area contributed by atoms with E-state index in [9.17, 15) is 9.59 Å². The van der Waals surface area contributed by atoms with E-state index in [0.717, 1.165) is 30.5 Å². The van der Waals surface area contributed by atoms with Crippen molar-refractivity contribution in [1.29, 1.82) is 0 Å². The number of hydrogen-bond acceptors (Lipinski definition) is 2. The lowest BCUT2D eigenvalue weighted by Crippen LogP contribution is -2.28. The molecule has 0 fully saturated rings. The summed E-state index contributed by atoms with van der Waals surface area (Å²) >= 11 is 0. The Bertz CT molecular complexity index is 764. The molecule has 0 heterocycles. The van der Waals surface area contributed by atoms with E-state index in [1.165, 1.54) is 11.1 Å². The molecule has 0 aliphatic heterocycles. The molecule has 2 aromatic rings. The van der Waals surface area contributed by atoms with E-state index in [1.54, 1.807) is 19.1 Å². The maximum absolute atomic E-state index is 12.5. The summed E-state index contributed by atoms with van der Waals surface area (Å²) in [7, 11) is 0. The average Bonchev–Trinajstić information content (AvgIpc) is 2.54. The van der Waals surface area contributed by atoms with Crippen LogP contribution in [-0.4, -0.2) is 11.7 Å². The minimum atomic E-state index is 0.0117. The molecule has 0 bridgehead atoms. The van der Waals surface area contributed by atoms with Gasteiger partial charge in [-0.05, 0) is 68.0 Å². The van der Waals surface area contributed by atoms with E-state index in [-0.39, 0.29) is 17.6 Å². The van der Waals surface area contributed by atoms with Crippen LogP contribution in [0.4, 0.5) is 5.69 Å². The van der Waals surface area contributed by atoms with Crippen LogP contribution < -0.4 is 5.32 Å². The first-order valence-electron chi connectivity index (χ1n) is 8.04. The van der Waals surface area contributed by atoms with Crippen LogP contribution in [0.25, 0.3) is 0 Å². The lowest BCUT2D eigenvalue weighted by molar-refractivity contribution is -0.120. The Hall–Kier alpha value is -2.42. The number of ketones is 1. The summed E-state index contributed by atoms with van der Waals surface area (Å²) in [5.41, 5.74) is 5.00. The summed E-state index contributed by atoms with van der Waals surface area (Å²) in [6.07, 6.45) is 2.64. The number of benzene rings is 2. The topological polar surface area (TPSA) is 46.2 Å². The van der Waals surface area contributed by atoms with Crippen LogP contribution in [0.3, 0.4) is 0 Å². The molecule has 1 atom stereocenters. The zero-order valence-corrected chi connectivity index (χ0v) is 13.6. The predicted molar refractivity (Wildman–Crippen MR) is 91.8 cm³/mol. The number of carbonyl (C=O) groups excluding carboxylic acids is 2. The monoisotopic (exact) mass is 307 g/mol. The van der Waals surface area contributed by atoms with Gasteiger partial charge < -0.3 is 5.32 Å². The Morgan fingerprint density at radius 2 is 1.83 bits per heavy atom. The second-order valence-electron chi connectivity index (χ2n) is 6.28. The highest BCUT2D eigenvalue weighted by atomic mass is 16.2. The first-order chi connectivity index (χ1) is 11.0. The Kier molecular flexibility index (Phi) is 4.28. The van der Waals surface area contributed by atoms with Crippen molar-refractivity contribution in [3.8, 4) is 0 Å². The molecule has 118 valence electrons. The number of hydrogen-bond donors (Lipinski definition) is 1. The molecule has 2 aromatic carbocycles. The van der Waals surface area contributed by atoms with Gasteiger partial charge in [0.15, 0.2) is 5.78 Å². The lowest BCUT2D eigenvalue weighted by Gasteiger charge is -2.24. The number of anilines is 1. The summed E-state index contributed by atoms with van der Waals surface area (Å²) in [5, 5.41) is 3.00. The van der Waals surface area contributed by atoms with Gasteiger partial charge in [-0.2, -0.15) is 0 Å². The fraction of sp³-hybridized carbons (Fsp3) is 0.300. The largest absolute Gasteiger partial charge is 0.326 e. The predicted octanol–water partition coefficient (Wildman–Crippen LogP) is 3.94. The zero-order valence-electron chi connectivity index (χ0n) is 13.6. The Balaban J connectivity index is 1.71. The molecule has 0 saturated heterocycles. The molecule has 1 aliphatic carbocycles. The third kappa shape index (κ3) is 3.34. The van der Waals surface area contributed by atoms with Crippen molar-refractivity contribution < 1.29 is 9.59 Å². The molecule has 3 nitrogen and oxygen atoms in total. The molecule has 1 N–H and O–H groups in total. The van der Waals surface area contributed by atoms with Crippen LogP contribution >= 0.6 is 0 Å². The molecule has 1 amide bonds. The first-order valence-corrected chi connectivity index (χ1v) is 8.04. The van der Waals surface area contributed by atoms with Crippen molar-refractivity contribution in [2.45, 2.75) is 33.1 Å². The molecular weight excluding hydrogens is 286 g/mol. The SMILES string of the molecule is CC(=O)c1ccc(NC(=O)C2CCc3ccccc3C2)cc1C. The third-order valence-corrected chi connectivity index (χ3v) is 4.59. The molecule has 0 spiro atoms. The second kappa shape index (κ2) is 6.37. The van der Waals surface area contributed by atoms with Crippen LogP contribution in [-0.2, 0) is 17.6 Å². The Morgan fingerprint density at radius 3 is 2.52 bits per heavy atom. The molecule has 3 rings (SSSR count). The maximum Gasteiger partial charge on any atom is 0.227 e. The van der Waals surface area contributed by atoms with Crippen LogP contribution in [0.1, 0.15) is 40.4 Å². The number of amides is 1. The van der Waals surface area contributed by atoms with Gasteiger partial charge in [0.1, 0.15) is 0 Å². The number of Topliss-reactive ketones (excluding diaryl/α,β-unsaturated/α-hetero) is 1. The number of nitrogens with one attached hydrogen (secondary N) is 1. The van der Waals surface area contributed by atoms with Gasteiger partial charge in [-0.25, -0.2) is 0 Å². The van der Waals surface area contributed by atoms with Crippen LogP contribution in [0, 0.1) is 12.8 Å². The van der Waals surface area contributed by atoms with Gasteiger partial charge in [-0.15, -0.1) is 0 Å². The number of carbonyl (C=O) groups is 2. The van der Waals surface area contributed by atoms with Crippen molar-refractivity contribution in [3.63, 3.8) is 0 Å². The number of rotatable bonds is 3. The molecule has 23 heavy (non-hydrogen) atoms. The first kappa shape index (κ1) is 15.5. The van der Waals surface area contributed by atoms with Gasteiger partial charge in [-0.1, -0.05) is 24.3 Å². The molecule has 1 unspecified atom stereocenters. The average molecular weight is 307 g/mol. The summed E-state index contributed by atoms with van der Waals surface area (Å²) in [6.45, 7) is 3.45. The Labute approximate surface area is 136 Å². The van der Waals surface area contributed by atoms with Gasteiger partial charge in [0.25, 0.3) is 0 Å². The van der Waals surface area contributed by atoms with Crippen molar-refractivity contribution in [1.82, 2.24) is 0 Å². The minimum Gasteiger partial charge on any atom is -0.326 e. The lowest BCUT2D eigenvalue weighted by atomic mass is 9.83. The normalized spacial score (nSPS) is 16.5. The Morgan fingerprint density at radius 1 is 1.09 bits per heavy atom. The van der Waals surface area contributed by atoms with E-state index in [2.05, 4.69) is 23.5 Å². The summed E-state index contributed by atoms with van der Waals surface area (Å²) in [4.78, 5) is 24.0. The number of fused-ring (bicyclic) bond motifs is 1. The molecule has 1 aliphatic rings. The van der Waals surface area contributed by atoms with Gasteiger partial charge in [0, 0.05) is 17.2 Å². The third-order valence-electron chi connectivity index (χ3n) is 4.59. The van der Waals surface area contributed by atoms with Gasteiger partial charge in [-0.3, -0.25) is 9.59 Å². The number of aryl methyl sites for hydroxylation is 2. The van der Waals surface area contributed by atoms with Crippen LogP contribution in [0.15, 0.2) is 42.5 Å². The highest BCUT2D eigenvalue weighted by molar-refractivity contribution is 5.97. The molecule has 0 saturated carbocycles. The fourth-order valence-corrected chi connectivity index (χ4v) is 3.30. The second-order valence-corrected chi connectivity index (χ2v) is 6.28. The fourth-order valence-electron chi connectivity index (χ4n) is 3.30. The van der Waals surface area contributed by atoms with E-state index < -0.39 is 0 Å². The smallest absolute Gasteiger partial charge is 0.227 e. The van der Waals surface area contributed by atoms with E-state index in [4.69, 9.17) is 0 Å². The van der Waals surface area contributed by atoms with Crippen molar-refractivity contribution >= 4 is 17.4 Å². The highest BCUT2D eigenvalue weighted by Crippen LogP contribution is 2.26. The quantitative estimate of drug-likeness (QED) is 0.873. The van der Waals surface area contributed by atoms with E-state index >= 15 is 0 Å². The highest BCUT2D eigenvalue weighted by Gasteiger charge is 2.24. The summed E-state index contributed by atoms with van der Waals surface area (Å²) in [5.74, 6) is 0.122. The zero-order chi connectivity index (χ0) is 16.4. The molecule has 0 radical (unpaired) electrons. The minimum absolute atomic E-state index is 0.0117. The van der Waals surface area contributed by atoms with E-state index in [1.807, 2.05) is 19.1 Å². The van der Waals surface area contributed by atoms with E-state index in [0.29, 0.717) is 5.56 Å². The van der Waals surface area contributed by atoms with Crippen molar-refractivity contribution in [2.75, 3.05) is 5.32 Å². The van der Waals surface area contributed by atoms with Crippen molar-refractivity contribution in [2.24, 2.45) is 5.92 Å². The van der Waals surface area contributed by atoms with Gasteiger partial charge >= 0.3 is 0 Å². The standard InChI is InChI=1S/C20H21NO2/c1-13-11-18(9-10-19(13)14(2)22)21-20(23)17-8-7-15-5-3-4-6-16(15)12-17/h3-6,9-11,17H,7-8,12H2,1-2H3,(H,21,23). The van der Waals surface area contributed by atoms with Gasteiger partial charge in [0.2, 0.25) is 5.91 Å². The molecule has 3 heteroatoms. The summed E-state index contributed by atoms with van der Waals surface area (Å²) < 4.78 is 0. The van der Waals surface area contributed by atoms with Crippen LogP contribution in [0.5, 0.6) is 0 Å². The molecule has 0 aromatic heterocycles. The van der Waals surface area contributed by atoms with Gasteiger partial charge in [0.05, 0.1) is 0 Å². The summed E-state index contributed by atoms with van der Waals surface area (Å²) in [6, 6.07) is 13.8. The maximum atomic E-state index is 12.5.